The summed E-state index contributed by atoms with van der Waals surface area (Å²) < 4.78 is 11.8. The highest BCUT2D eigenvalue weighted by molar-refractivity contribution is 5.66. The minimum absolute atomic E-state index is 0.0509. The number of halogens is 1. The van der Waals surface area contributed by atoms with E-state index in [0.717, 1.165) is 4.90 Å². The summed E-state index contributed by atoms with van der Waals surface area (Å²) in [4.78, 5) is 10.9. The lowest BCUT2D eigenvalue weighted by molar-refractivity contribution is 0.0605. The third kappa shape index (κ3) is 0.731. The number of rotatable bonds is 0. The van der Waals surface area contributed by atoms with Crippen molar-refractivity contribution in [3.8, 4) is 0 Å². The number of nitrogens with zero attached hydrogens (tertiary/aromatic N) is 1. The van der Waals surface area contributed by atoms with Gasteiger partial charge in [0.2, 0.25) is 0 Å². The van der Waals surface area contributed by atoms with Crippen LogP contribution in [0.5, 0.6) is 0 Å². The van der Waals surface area contributed by atoms with E-state index in [2.05, 4.69) is 0 Å². The Kier molecular flexibility index (Phi) is 1.08. The molecule has 0 spiro atoms. The fourth-order valence-corrected chi connectivity index (χ4v) is 0.581. The summed E-state index contributed by atoms with van der Waals surface area (Å²) in [6, 6.07) is 0. The molecule has 8 heavy (non-hydrogen) atoms. The Morgan fingerprint density at radius 2 is 2.25 bits per heavy atom. The molecule has 1 aliphatic heterocycles. The first kappa shape index (κ1) is 5.34. The van der Waals surface area contributed by atoms with Crippen LogP contribution < -0.4 is 0 Å². The van der Waals surface area contributed by atoms with Crippen molar-refractivity contribution in [2.24, 2.45) is 0 Å². The standard InChI is InChI=1S/C4H6FNO2/c5-3-1-6(2-3)4(7)8/h3H,1-2H2,(H,7,8). The van der Waals surface area contributed by atoms with Gasteiger partial charge in [-0.25, -0.2) is 9.18 Å². The van der Waals surface area contributed by atoms with Crippen LogP contribution >= 0.6 is 0 Å². The smallest absolute Gasteiger partial charge is 0.407 e. The lowest BCUT2D eigenvalue weighted by Gasteiger charge is -2.31. The van der Waals surface area contributed by atoms with Crippen LogP contribution in [0.1, 0.15) is 0 Å². The van der Waals surface area contributed by atoms with Crippen LogP contribution in [0, 0.1) is 0 Å². The molecule has 1 amide bonds. The van der Waals surface area contributed by atoms with Gasteiger partial charge in [-0.05, 0) is 0 Å². The first-order chi connectivity index (χ1) is 3.70. The Bertz CT molecular complexity index is 111. The highest BCUT2D eigenvalue weighted by Gasteiger charge is 2.29. The molecule has 1 saturated heterocycles. The quantitative estimate of drug-likeness (QED) is 0.498. The number of amides is 1. The normalized spacial score (nSPS) is 20.4. The number of carboxylic acid groups (broad SMARTS) is 1. The summed E-state index contributed by atoms with van der Waals surface area (Å²) in [5.74, 6) is 0. The van der Waals surface area contributed by atoms with Gasteiger partial charge in [0.1, 0.15) is 6.17 Å². The minimum Gasteiger partial charge on any atom is -0.465 e. The van der Waals surface area contributed by atoms with Crippen molar-refractivity contribution >= 4 is 6.09 Å². The molecule has 1 rings (SSSR count). The van der Waals surface area contributed by atoms with Gasteiger partial charge in [0.15, 0.2) is 0 Å². The first-order valence-electron chi connectivity index (χ1n) is 2.32. The zero-order valence-electron chi connectivity index (χ0n) is 4.17. The molecule has 0 unspecified atom stereocenters. The van der Waals surface area contributed by atoms with E-state index in [1.807, 2.05) is 0 Å². The monoisotopic (exact) mass is 119 g/mol. The van der Waals surface area contributed by atoms with Gasteiger partial charge in [0.25, 0.3) is 0 Å². The Morgan fingerprint density at radius 3 is 2.38 bits per heavy atom. The lowest BCUT2D eigenvalue weighted by atomic mass is 10.2. The van der Waals surface area contributed by atoms with Crippen molar-refractivity contribution in [1.82, 2.24) is 4.90 Å². The van der Waals surface area contributed by atoms with Gasteiger partial charge in [-0.3, -0.25) is 0 Å². The van der Waals surface area contributed by atoms with Crippen LogP contribution in [0.2, 0.25) is 0 Å². The van der Waals surface area contributed by atoms with E-state index in [9.17, 15) is 9.18 Å². The molecule has 0 aliphatic carbocycles. The Balaban J connectivity index is 2.25. The van der Waals surface area contributed by atoms with E-state index in [-0.39, 0.29) is 13.1 Å². The second kappa shape index (κ2) is 1.61. The average molecular weight is 119 g/mol. The summed E-state index contributed by atoms with van der Waals surface area (Å²) in [7, 11) is 0. The zero-order chi connectivity index (χ0) is 6.15. The highest BCUT2D eigenvalue weighted by atomic mass is 19.1. The molecular formula is C4H6FNO2. The van der Waals surface area contributed by atoms with Crippen molar-refractivity contribution < 1.29 is 14.3 Å². The molecule has 0 aromatic rings. The first-order valence-corrected chi connectivity index (χ1v) is 2.32. The van der Waals surface area contributed by atoms with Crippen molar-refractivity contribution in [3.05, 3.63) is 0 Å². The molecule has 1 fully saturated rings. The summed E-state index contributed by atoms with van der Waals surface area (Å²) >= 11 is 0. The minimum atomic E-state index is -1.03. The van der Waals surface area contributed by atoms with Crippen LogP contribution in [-0.4, -0.2) is 35.4 Å². The van der Waals surface area contributed by atoms with Crippen LogP contribution in [0.3, 0.4) is 0 Å². The molecule has 1 aliphatic rings. The number of alkyl halides is 1. The molecule has 3 nitrogen and oxygen atoms in total. The molecule has 0 radical (unpaired) electrons. The topological polar surface area (TPSA) is 40.5 Å². The van der Waals surface area contributed by atoms with Crippen molar-refractivity contribution in [3.63, 3.8) is 0 Å². The number of hydrogen-bond donors (Lipinski definition) is 1. The van der Waals surface area contributed by atoms with E-state index < -0.39 is 12.3 Å². The maximum Gasteiger partial charge on any atom is 0.407 e. The molecule has 0 atom stereocenters. The summed E-state index contributed by atoms with van der Waals surface area (Å²) in [5.41, 5.74) is 0. The predicted octanol–water partition coefficient (Wildman–Crippen LogP) is 0.318. The average Bonchev–Trinajstić information content (AvgIpc) is 1.57. The molecule has 0 aromatic carbocycles. The molecule has 1 N–H and O–H groups in total. The molecule has 46 valence electrons. The Labute approximate surface area is 45.7 Å². The van der Waals surface area contributed by atoms with Gasteiger partial charge in [0, 0.05) is 0 Å². The fourth-order valence-electron chi connectivity index (χ4n) is 0.581. The second-order valence-electron chi connectivity index (χ2n) is 1.78. The van der Waals surface area contributed by atoms with Crippen LogP contribution in [-0.2, 0) is 0 Å². The van der Waals surface area contributed by atoms with Gasteiger partial charge in [-0.15, -0.1) is 0 Å². The van der Waals surface area contributed by atoms with Gasteiger partial charge < -0.3 is 10.0 Å². The molecule has 0 saturated carbocycles. The predicted molar refractivity (Wildman–Crippen MR) is 24.5 cm³/mol. The van der Waals surface area contributed by atoms with Crippen LogP contribution in [0.4, 0.5) is 9.18 Å². The Hall–Kier alpha value is -0.800. The molecule has 0 bridgehead atoms. The SMILES string of the molecule is O=C(O)N1CC(F)C1. The van der Waals surface area contributed by atoms with E-state index >= 15 is 0 Å². The van der Waals surface area contributed by atoms with E-state index in [4.69, 9.17) is 5.11 Å². The van der Waals surface area contributed by atoms with Crippen LogP contribution in [0.25, 0.3) is 0 Å². The van der Waals surface area contributed by atoms with Crippen molar-refractivity contribution in [2.45, 2.75) is 6.17 Å². The second-order valence-corrected chi connectivity index (χ2v) is 1.78. The molecule has 1 heterocycles. The summed E-state index contributed by atoms with van der Waals surface area (Å²) in [6.07, 6.45) is -1.95. The fraction of sp³-hybridized carbons (Fsp3) is 0.750. The molecule has 0 aromatic heterocycles. The maximum absolute atomic E-state index is 11.8. The summed E-state index contributed by atoms with van der Waals surface area (Å²) in [6.45, 7) is 0.102. The highest BCUT2D eigenvalue weighted by Crippen LogP contribution is 2.09. The number of carbonyl (C=O) groups is 1. The molecule has 4 heteroatoms. The zero-order valence-corrected chi connectivity index (χ0v) is 4.17. The third-order valence-electron chi connectivity index (χ3n) is 1.11. The van der Waals surface area contributed by atoms with E-state index in [1.165, 1.54) is 0 Å². The number of likely N-dealkylation sites (tertiary alicyclic amines) is 1. The largest absolute Gasteiger partial charge is 0.465 e. The lowest BCUT2D eigenvalue weighted by Crippen LogP contribution is -2.50. The number of hydrogen-bond acceptors (Lipinski definition) is 1. The van der Waals surface area contributed by atoms with E-state index in [1.54, 1.807) is 0 Å². The van der Waals surface area contributed by atoms with E-state index in [0.29, 0.717) is 0 Å². The molecular weight excluding hydrogens is 113 g/mol. The van der Waals surface area contributed by atoms with Gasteiger partial charge in [-0.1, -0.05) is 0 Å². The van der Waals surface area contributed by atoms with Gasteiger partial charge >= 0.3 is 6.09 Å². The van der Waals surface area contributed by atoms with Crippen LogP contribution in [0.15, 0.2) is 0 Å². The van der Waals surface area contributed by atoms with Gasteiger partial charge in [0.05, 0.1) is 13.1 Å². The Morgan fingerprint density at radius 1 is 1.75 bits per heavy atom. The third-order valence-corrected chi connectivity index (χ3v) is 1.11. The van der Waals surface area contributed by atoms with Crippen molar-refractivity contribution in [1.29, 1.82) is 0 Å². The summed E-state index contributed by atoms with van der Waals surface area (Å²) in [5, 5.41) is 8.11. The van der Waals surface area contributed by atoms with Crippen molar-refractivity contribution in [2.75, 3.05) is 13.1 Å². The maximum atomic E-state index is 11.8. The van der Waals surface area contributed by atoms with Gasteiger partial charge in [-0.2, -0.15) is 0 Å².